The molecule has 0 spiro atoms. The van der Waals surface area contributed by atoms with Crippen molar-refractivity contribution in [2.75, 3.05) is 0 Å². The third-order valence-corrected chi connectivity index (χ3v) is 7.58. The summed E-state index contributed by atoms with van der Waals surface area (Å²) < 4.78 is 0. The summed E-state index contributed by atoms with van der Waals surface area (Å²) in [5, 5.41) is 0.613. The molecular weight excluding hydrogens is 374 g/mol. The average molecular weight is 382 g/mol. The molecule has 0 saturated carbocycles. The van der Waals surface area contributed by atoms with Gasteiger partial charge < -0.3 is 11.1 Å². The van der Waals surface area contributed by atoms with E-state index in [1.807, 2.05) is 0 Å². The van der Waals surface area contributed by atoms with Crippen LogP contribution in [-0.2, 0) is 0 Å². The van der Waals surface area contributed by atoms with Crippen LogP contribution in [0.25, 0.3) is 11.1 Å². The van der Waals surface area contributed by atoms with Gasteiger partial charge in [-0.2, -0.15) is 9.58 Å². The third-order valence-electron chi connectivity index (χ3n) is 2.86. The Morgan fingerprint density at radius 2 is 1.24 bits per heavy atom. The first-order chi connectivity index (χ1) is 9.90. The average Bonchev–Trinajstić information content (AvgIpc) is 2.46. The Labute approximate surface area is 141 Å². The molecule has 0 radical (unpaired) electrons. The van der Waals surface area contributed by atoms with Crippen LogP contribution in [0.2, 0.25) is 0 Å². The number of hydrogen-bond acceptors (Lipinski definition) is 0. The van der Waals surface area contributed by atoms with Crippen molar-refractivity contribution in [2.24, 2.45) is 0 Å². The summed E-state index contributed by atoms with van der Waals surface area (Å²) in [5.41, 5.74) is 18.4. The maximum Gasteiger partial charge on any atom is 0.297 e. The fourth-order valence-electron chi connectivity index (χ4n) is 1.85. The quantitative estimate of drug-likeness (QED) is 0.462. The van der Waals surface area contributed by atoms with Crippen molar-refractivity contribution in [3.63, 3.8) is 0 Å². The number of nitrogens with zero attached hydrogens (tertiary/aromatic N) is 4. The van der Waals surface area contributed by atoms with Crippen molar-refractivity contribution in [1.82, 2.24) is 0 Å². The van der Waals surface area contributed by atoms with Crippen molar-refractivity contribution >= 4 is 64.4 Å². The van der Waals surface area contributed by atoms with Gasteiger partial charge in [0.05, 0.1) is 22.9 Å². The summed E-state index contributed by atoms with van der Waals surface area (Å²) in [6, 6.07) is 0. The van der Waals surface area contributed by atoms with Gasteiger partial charge in [-0.15, -0.1) is 0 Å². The second-order valence-electron chi connectivity index (χ2n) is 4.18. The van der Waals surface area contributed by atoms with Crippen molar-refractivity contribution in [3.8, 4) is 0 Å². The highest BCUT2D eigenvalue weighted by molar-refractivity contribution is 8.70. The molecular formula is C12H8Cl4N4S. The molecule has 0 saturated heterocycles. The van der Waals surface area contributed by atoms with Crippen LogP contribution in [0.5, 0.6) is 0 Å². The van der Waals surface area contributed by atoms with Crippen molar-refractivity contribution < 1.29 is 9.58 Å². The van der Waals surface area contributed by atoms with E-state index in [0.29, 0.717) is 44.1 Å². The fraction of sp³-hybridized carbons (Fsp3) is 0.167. The Bertz CT molecular complexity index is 660. The molecule has 4 nitrogen and oxygen atoms in total. The van der Waals surface area contributed by atoms with Crippen LogP contribution in [0.1, 0.15) is 12.8 Å². The lowest BCUT2D eigenvalue weighted by Crippen LogP contribution is -2.08. The number of halogens is 4. The summed E-state index contributed by atoms with van der Waals surface area (Å²) in [7, 11) is 10.6. The van der Waals surface area contributed by atoms with Gasteiger partial charge in [-0.05, 0) is 29.8 Å². The second-order valence-corrected chi connectivity index (χ2v) is 10.1. The van der Waals surface area contributed by atoms with Crippen LogP contribution in [0.4, 0.5) is 0 Å². The highest BCUT2D eigenvalue weighted by Crippen LogP contribution is 2.75. The van der Waals surface area contributed by atoms with Crippen molar-refractivity contribution in [1.29, 1.82) is 0 Å². The SMILES string of the molecule is [N-]=[N+]=C1C=C(Cl)C(S(Cl)(Cl)C2=CCC(=[N+]=[N-])C=C2Cl)=CC1. The summed E-state index contributed by atoms with van der Waals surface area (Å²) >= 11 is 12.3. The Balaban J connectivity index is 2.41. The second kappa shape index (κ2) is 6.55. The molecule has 2 aliphatic rings. The van der Waals surface area contributed by atoms with E-state index in [1.165, 1.54) is 12.2 Å². The molecule has 0 unspecified atom stereocenters. The summed E-state index contributed by atoms with van der Waals surface area (Å²) in [5.74, 6) is 0. The molecule has 0 N–H and O–H groups in total. The molecule has 0 amide bonds. The van der Waals surface area contributed by atoms with E-state index in [0.717, 1.165) is 0 Å². The van der Waals surface area contributed by atoms with E-state index in [4.69, 9.17) is 55.6 Å². The number of rotatable bonds is 2. The number of hydrogen-bond donors (Lipinski definition) is 0. The van der Waals surface area contributed by atoms with Crippen LogP contribution in [0.3, 0.4) is 0 Å². The van der Waals surface area contributed by atoms with Crippen LogP contribution in [0, 0.1) is 0 Å². The molecule has 0 aromatic heterocycles. The molecule has 110 valence electrons. The van der Waals surface area contributed by atoms with Gasteiger partial charge in [0.15, 0.2) is 0 Å². The molecule has 0 aromatic carbocycles. The van der Waals surface area contributed by atoms with E-state index >= 15 is 0 Å². The Kier molecular flexibility index (Phi) is 5.18. The normalized spacial score (nSPS) is 19.8. The largest absolute Gasteiger partial charge is 0.361 e. The van der Waals surface area contributed by atoms with E-state index in [-0.39, 0.29) is 0 Å². The van der Waals surface area contributed by atoms with E-state index in [1.54, 1.807) is 12.2 Å². The molecule has 21 heavy (non-hydrogen) atoms. The Hall–Kier alpha value is -0.770. The minimum atomic E-state index is -2.45. The topological polar surface area (TPSA) is 72.8 Å². The van der Waals surface area contributed by atoms with E-state index in [9.17, 15) is 0 Å². The minimum absolute atomic E-state index is 0.307. The van der Waals surface area contributed by atoms with Gasteiger partial charge in [-0.25, -0.2) is 0 Å². The van der Waals surface area contributed by atoms with Crippen LogP contribution >= 0.6 is 53.0 Å². The van der Waals surface area contributed by atoms with Gasteiger partial charge in [0, 0.05) is 22.0 Å². The zero-order chi connectivity index (χ0) is 15.6. The lowest BCUT2D eigenvalue weighted by Gasteiger charge is -2.32. The van der Waals surface area contributed by atoms with Gasteiger partial charge in [-0.3, -0.25) is 0 Å². The van der Waals surface area contributed by atoms with Gasteiger partial charge in [0.25, 0.3) is 11.4 Å². The van der Waals surface area contributed by atoms with Crippen molar-refractivity contribution in [2.45, 2.75) is 12.8 Å². The third kappa shape index (κ3) is 3.36. The lowest BCUT2D eigenvalue weighted by molar-refractivity contribution is -0.00588. The molecule has 0 atom stereocenters. The zero-order valence-corrected chi connectivity index (χ0v) is 14.3. The first kappa shape index (κ1) is 16.6. The summed E-state index contributed by atoms with van der Waals surface area (Å²) in [6.45, 7) is 0. The van der Waals surface area contributed by atoms with Crippen LogP contribution in [0.15, 0.2) is 44.2 Å². The number of allylic oxidation sites excluding steroid dienone is 6. The fourth-order valence-corrected chi connectivity index (χ4v) is 6.61. The first-order valence-electron chi connectivity index (χ1n) is 5.70. The minimum Gasteiger partial charge on any atom is -0.361 e. The van der Waals surface area contributed by atoms with Gasteiger partial charge >= 0.3 is 0 Å². The molecule has 2 aliphatic carbocycles. The zero-order valence-electron chi connectivity index (χ0n) is 10.4. The maximum atomic E-state index is 8.76. The van der Waals surface area contributed by atoms with E-state index in [2.05, 4.69) is 9.58 Å². The smallest absolute Gasteiger partial charge is 0.297 e. The molecule has 0 heterocycles. The van der Waals surface area contributed by atoms with Crippen molar-refractivity contribution in [3.05, 3.63) is 55.2 Å². The van der Waals surface area contributed by atoms with Gasteiger partial charge in [0.1, 0.15) is 0 Å². The lowest BCUT2D eigenvalue weighted by atomic mass is 10.1. The monoisotopic (exact) mass is 380 g/mol. The van der Waals surface area contributed by atoms with Gasteiger partial charge in [-0.1, -0.05) is 35.4 Å². The standard InChI is InChI=1S/C12H8Cl4N4S/c13-9-5-7(19-17)1-3-11(9)21(15,16)12-4-2-8(20-18)6-10(12)14/h3-6H,1-2H2. The van der Waals surface area contributed by atoms with Gasteiger partial charge in [0.2, 0.25) is 0 Å². The predicted molar refractivity (Wildman–Crippen MR) is 89.8 cm³/mol. The van der Waals surface area contributed by atoms with Crippen LogP contribution < -0.4 is 0 Å². The summed E-state index contributed by atoms with van der Waals surface area (Å²) in [4.78, 5) is 7.29. The first-order valence-corrected chi connectivity index (χ1v) is 9.74. The maximum absolute atomic E-state index is 8.76. The Morgan fingerprint density at radius 1 is 0.857 bits per heavy atom. The molecule has 2 rings (SSSR count). The molecule has 0 aromatic rings. The summed E-state index contributed by atoms with van der Waals surface area (Å²) in [6.07, 6.45) is 7.18. The molecule has 0 aliphatic heterocycles. The highest BCUT2D eigenvalue weighted by atomic mass is 36.0. The molecule has 9 heteroatoms. The van der Waals surface area contributed by atoms with E-state index < -0.39 is 8.46 Å². The predicted octanol–water partition coefficient (Wildman–Crippen LogP) is 5.26. The van der Waals surface area contributed by atoms with Crippen LogP contribution in [-0.4, -0.2) is 21.0 Å². The molecule has 0 fully saturated rings. The highest BCUT2D eigenvalue weighted by Gasteiger charge is 2.36. The molecule has 0 bridgehead atoms. The Morgan fingerprint density at radius 3 is 1.52 bits per heavy atom.